The average Bonchev–Trinajstić information content (AvgIpc) is 2.70. The van der Waals surface area contributed by atoms with Crippen molar-refractivity contribution in [3.05, 3.63) is 87.6 Å². The first kappa shape index (κ1) is 21.3. The summed E-state index contributed by atoms with van der Waals surface area (Å²) in [4.78, 5) is 12.4. The molecule has 0 saturated carbocycles. The molecule has 1 N–H and O–H groups in total. The van der Waals surface area contributed by atoms with Crippen LogP contribution in [0.5, 0.6) is 0 Å². The van der Waals surface area contributed by atoms with Gasteiger partial charge in [-0.15, -0.1) is 0 Å². The van der Waals surface area contributed by atoms with Gasteiger partial charge < -0.3 is 5.32 Å². The van der Waals surface area contributed by atoms with E-state index >= 15 is 0 Å². The highest BCUT2D eigenvalue weighted by Crippen LogP contribution is 2.24. The third-order valence-electron chi connectivity index (χ3n) is 4.14. The number of amides is 1. The Morgan fingerprint density at radius 3 is 2.24 bits per heavy atom. The molecule has 150 valence electrons. The zero-order chi connectivity index (χ0) is 21.2. The minimum Gasteiger partial charge on any atom is -0.319 e. The number of rotatable bonds is 5. The molecule has 0 aromatic heterocycles. The van der Waals surface area contributed by atoms with Crippen molar-refractivity contribution in [3.63, 3.8) is 0 Å². The van der Waals surface area contributed by atoms with Gasteiger partial charge in [-0.05, 0) is 66.7 Å². The first-order valence-corrected chi connectivity index (χ1v) is 10.9. The van der Waals surface area contributed by atoms with Crippen molar-refractivity contribution in [3.8, 4) is 0 Å². The highest BCUT2D eigenvalue weighted by molar-refractivity contribution is 9.10. The van der Waals surface area contributed by atoms with Gasteiger partial charge in [-0.3, -0.25) is 9.10 Å². The normalized spacial score (nSPS) is 11.2. The van der Waals surface area contributed by atoms with E-state index in [2.05, 4.69) is 21.2 Å². The summed E-state index contributed by atoms with van der Waals surface area (Å²) in [5, 5.41) is 2.92. The van der Waals surface area contributed by atoms with Gasteiger partial charge in [0, 0.05) is 22.1 Å². The van der Waals surface area contributed by atoms with E-state index in [-0.39, 0.29) is 16.1 Å². The van der Waals surface area contributed by atoms with Crippen molar-refractivity contribution in [2.45, 2.75) is 4.90 Å². The molecule has 5 nitrogen and oxygen atoms in total. The van der Waals surface area contributed by atoms with Gasteiger partial charge in [0.05, 0.1) is 16.3 Å². The fraction of sp³-hybridized carbons (Fsp3) is 0.0500. The minimum absolute atomic E-state index is 0.0460. The Balaban J connectivity index is 1.78. The second-order valence-electron chi connectivity index (χ2n) is 6.05. The topological polar surface area (TPSA) is 66.5 Å². The molecule has 0 heterocycles. The molecule has 0 spiro atoms. The van der Waals surface area contributed by atoms with Gasteiger partial charge in [0.15, 0.2) is 0 Å². The summed E-state index contributed by atoms with van der Waals surface area (Å²) >= 11 is 8.96. The number of benzene rings is 3. The molecule has 3 aromatic rings. The molecule has 0 atom stereocenters. The molecular formula is C20H15BrClFN2O3S. The Labute approximate surface area is 181 Å². The lowest BCUT2D eigenvalue weighted by atomic mass is 10.2. The van der Waals surface area contributed by atoms with E-state index in [0.717, 1.165) is 4.31 Å². The maximum atomic E-state index is 13.9. The average molecular weight is 498 g/mol. The fourth-order valence-electron chi connectivity index (χ4n) is 2.51. The number of anilines is 2. The maximum absolute atomic E-state index is 13.9. The second-order valence-corrected chi connectivity index (χ2v) is 9.37. The Hall–Kier alpha value is -2.42. The Morgan fingerprint density at radius 1 is 1.03 bits per heavy atom. The van der Waals surface area contributed by atoms with Gasteiger partial charge in [0.2, 0.25) is 0 Å². The molecule has 0 bridgehead atoms. The maximum Gasteiger partial charge on any atom is 0.264 e. The van der Waals surface area contributed by atoms with Crippen LogP contribution in [-0.2, 0) is 10.0 Å². The van der Waals surface area contributed by atoms with E-state index in [4.69, 9.17) is 11.6 Å². The monoisotopic (exact) mass is 496 g/mol. The molecule has 0 saturated heterocycles. The third-order valence-corrected chi connectivity index (χ3v) is 6.69. The summed E-state index contributed by atoms with van der Waals surface area (Å²) in [7, 11) is -2.37. The second kappa shape index (κ2) is 8.52. The van der Waals surface area contributed by atoms with Crippen molar-refractivity contribution in [1.82, 2.24) is 0 Å². The van der Waals surface area contributed by atoms with Crippen LogP contribution in [0.1, 0.15) is 10.4 Å². The SMILES string of the molecule is CN(c1ccc(C(=O)Nc2ccc(Br)cc2F)cc1)S(=O)(=O)c1ccc(Cl)cc1. The van der Waals surface area contributed by atoms with Gasteiger partial charge in [-0.2, -0.15) is 0 Å². The molecule has 3 rings (SSSR count). The van der Waals surface area contributed by atoms with Crippen molar-refractivity contribution in [2.75, 3.05) is 16.7 Å². The summed E-state index contributed by atoms with van der Waals surface area (Å²) in [6.45, 7) is 0. The highest BCUT2D eigenvalue weighted by atomic mass is 79.9. The van der Waals surface area contributed by atoms with E-state index < -0.39 is 21.7 Å². The van der Waals surface area contributed by atoms with E-state index in [1.807, 2.05) is 0 Å². The lowest BCUT2D eigenvalue weighted by Gasteiger charge is -2.20. The van der Waals surface area contributed by atoms with Crippen LogP contribution in [0.3, 0.4) is 0 Å². The zero-order valence-electron chi connectivity index (χ0n) is 15.1. The molecule has 0 radical (unpaired) electrons. The molecule has 0 aliphatic carbocycles. The molecule has 9 heteroatoms. The fourth-order valence-corrected chi connectivity index (χ4v) is 4.17. The van der Waals surface area contributed by atoms with Gasteiger partial charge in [-0.25, -0.2) is 12.8 Å². The summed E-state index contributed by atoms with van der Waals surface area (Å²) < 4.78 is 41.0. The molecule has 3 aromatic carbocycles. The van der Waals surface area contributed by atoms with Crippen LogP contribution in [0.4, 0.5) is 15.8 Å². The van der Waals surface area contributed by atoms with Crippen LogP contribution in [0, 0.1) is 5.82 Å². The van der Waals surface area contributed by atoms with Gasteiger partial charge in [0.25, 0.3) is 15.9 Å². The van der Waals surface area contributed by atoms with Gasteiger partial charge in [-0.1, -0.05) is 27.5 Å². The van der Waals surface area contributed by atoms with E-state index in [1.54, 1.807) is 6.07 Å². The molecule has 0 fully saturated rings. The van der Waals surface area contributed by atoms with Crippen LogP contribution in [0.2, 0.25) is 5.02 Å². The number of carbonyl (C=O) groups is 1. The number of sulfonamides is 1. The van der Waals surface area contributed by atoms with Crippen molar-refractivity contribution < 1.29 is 17.6 Å². The lowest BCUT2D eigenvalue weighted by molar-refractivity contribution is 0.102. The molecular weight excluding hydrogens is 483 g/mol. The highest BCUT2D eigenvalue weighted by Gasteiger charge is 2.21. The van der Waals surface area contributed by atoms with Crippen LogP contribution >= 0.6 is 27.5 Å². The van der Waals surface area contributed by atoms with E-state index in [0.29, 0.717) is 15.2 Å². The largest absolute Gasteiger partial charge is 0.319 e. The number of nitrogens with zero attached hydrogens (tertiary/aromatic N) is 1. The number of halogens is 3. The van der Waals surface area contributed by atoms with E-state index in [9.17, 15) is 17.6 Å². The van der Waals surface area contributed by atoms with Crippen molar-refractivity contribution >= 4 is 54.8 Å². The van der Waals surface area contributed by atoms with Crippen LogP contribution in [0.15, 0.2) is 76.1 Å². The Kier molecular flexibility index (Phi) is 6.26. The summed E-state index contributed by atoms with van der Waals surface area (Å²) in [5.41, 5.74) is 0.671. The van der Waals surface area contributed by atoms with Crippen molar-refractivity contribution in [1.29, 1.82) is 0 Å². The number of carbonyl (C=O) groups excluding carboxylic acids is 1. The first-order chi connectivity index (χ1) is 13.7. The zero-order valence-corrected chi connectivity index (χ0v) is 18.2. The first-order valence-electron chi connectivity index (χ1n) is 8.29. The molecule has 1 amide bonds. The number of nitrogens with one attached hydrogen (secondary N) is 1. The molecule has 0 unspecified atom stereocenters. The van der Waals surface area contributed by atoms with Gasteiger partial charge >= 0.3 is 0 Å². The Morgan fingerprint density at radius 2 is 1.66 bits per heavy atom. The summed E-state index contributed by atoms with van der Waals surface area (Å²) in [6, 6.07) is 16.1. The number of hydrogen-bond acceptors (Lipinski definition) is 3. The lowest BCUT2D eigenvalue weighted by Crippen LogP contribution is -2.26. The predicted molar refractivity (Wildman–Crippen MR) is 116 cm³/mol. The van der Waals surface area contributed by atoms with Gasteiger partial charge in [0.1, 0.15) is 5.82 Å². The summed E-state index contributed by atoms with van der Waals surface area (Å²) in [5.74, 6) is -1.08. The quantitative estimate of drug-likeness (QED) is 0.519. The Bertz CT molecular complexity index is 1150. The van der Waals surface area contributed by atoms with E-state index in [1.165, 1.54) is 67.7 Å². The van der Waals surface area contributed by atoms with Crippen LogP contribution in [-0.4, -0.2) is 21.4 Å². The standard InChI is InChI=1S/C20H15BrClFN2O3S/c1-25(29(27,28)17-9-5-15(22)6-10-17)16-7-2-13(3-8-16)20(26)24-19-11-4-14(21)12-18(19)23/h2-12H,1H3,(H,24,26). The van der Waals surface area contributed by atoms with Crippen LogP contribution < -0.4 is 9.62 Å². The minimum atomic E-state index is -3.78. The molecule has 0 aliphatic rings. The predicted octanol–water partition coefficient (Wildman–Crippen LogP) is 5.32. The molecule has 29 heavy (non-hydrogen) atoms. The summed E-state index contributed by atoms with van der Waals surface area (Å²) in [6.07, 6.45) is 0. The number of hydrogen-bond donors (Lipinski definition) is 1. The third kappa shape index (κ3) is 4.77. The smallest absolute Gasteiger partial charge is 0.264 e. The van der Waals surface area contributed by atoms with Crippen LogP contribution in [0.25, 0.3) is 0 Å². The van der Waals surface area contributed by atoms with Crippen molar-refractivity contribution in [2.24, 2.45) is 0 Å². The molecule has 0 aliphatic heterocycles.